The lowest BCUT2D eigenvalue weighted by atomic mass is 10.1. The molecule has 0 unspecified atom stereocenters. The van der Waals surface area contributed by atoms with Crippen LogP contribution in [-0.4, -0.2) is 9.97 Å². The Morgan fingerprint density at radius 3 is 2.47 bits per heavy atom. The predicted octanol–water partition coefficient (Wildman–Crippen LogP) is 4.16. The first-order valence-electron chi connectivity index (χ1n) is 4.94. The summed E-state index contributed by atoms with van der Waals surface area (Å²) < 4.78 is 14.1. The molecule has 2 rings (SSSR count). The van der Waals surface area contributed by atoms with E-state index in [1.165, 1.54) is 12.1 Å². The highest BCUT2D eigenvalue weighted by molar-refractivity contribution is 14.1. The van der Waals surface area contributed by atoms with E-state index in [1.807, 2.05) is 19.9 Å². The highest BCUT2D eigenvalue weighted by Gasteiger charge is 2.10. The van der Waals surface area contributed by atoms with Gasteiger partial charge in [0.05, 0.1) is 9.26 Å². The van der Waals surface area contributed by atoms with Crippen molar-refractivity contribution in [3.8, 4) is 11.4 Å². The SMILES string of the molecule is Cc1cc(F)cc(-c2nc(C)c(I)c(Cl)n2)c1. The summed E-state index contributed by atoms with van der Waals surface area (Å²) in [6.45, 7) is 3.68. The molecule has 88 valence electrons. The third-order valence-electron chi connectivity index (χ3n) is 2.28. The lowest BCUT2D eigenvalue weighted by molar-refractivity contribution is 0.627. The minimum Gasteiger partial charge on any atom is -0.232 e. The number of benzene rings is 1. The minimum absolute atomic E-state index is 0.295. The van der Waals surface area contributed by atoms with Crippen molar-refractivity contribution in [2.24, 2.45) is 0 Å². The first kappa shape index (κ1) is 12.7. The number of aryl methyl sites for hydroxylation is 2. The molecule has 0 saturated carbocycles. The van der Waals surface area contributed by atoms with Crippen molar-refractivity contribution in [3.05, 3.63) is 44.0 Å². The molecule has 0 N–H and O–H groups in total. The van der Waals surface area contributed by atoms with Gasteiger partial charge in [-0.05, 0) is 60.2 Å². The van der Waals surface area contributed by atoms with Gasteiger partial charge in [-0.15, -0.1) is 0 Å². The Kier molecular flexibility index (Phi) is 3.63. The molecule has 0 atom stereocenters. The molecule has 0 fully saturated rings. The topological polar surface area (TPSA) is 25.8 Å². The van der Waals surface area contributed by atoms with Crippen LogP contribution in [0, 0.1) is 23.2 Å². The van der Waals surface area contributed by atoms with Crippen LogP contribution < -0.4 is 0 Å². The Morgan fingerprint density at radius 2 is 1.88 bits per heavy atom. The normalized spacial score (nSPS) is 10.6. The average Bonchev–Trinajstić information content (AvgIpc) is 2.23. The maximum atomic E-state index is 13.3. The first-order valence-corrected chi connectivity index (χ1v) is 6.40. The minimum atomic E-state index is -0.295. The Morgan fingerprint density at radius 1 is 1.18 bits per heavy atom. The zero-order valence-corrected chi connectivity index (χ0v) is 12.2. The predicted molar refractivity (Wildman–Crippen MR) is 74.6 cm³/mol. The molecule has 0 aliphatic heterocycles. The molecule has 0 aliphatic carbocycles. The Bertz CT molecular complexity index is 543. The molecule has 2 nitrogen and oxygen atoms in total. The van der Waals surface area contributed by atoms with Crippen LogP contribution in [0.2, 0.25) is 5.15 Å². The maximum absolute atomic E-state index is 13.3. The van der Waals surface area contributed by atoms with Crippen molar-refractivity contribution in [2.75, 3.05) is 0 Å². The third-order valence-corrected chi connectivity index (χ3v) is 4.16. The summed E-state index contributed by atoms with van der Waals surface area (Å²) >= 11 is 8.08. The second kappa shape index (κ2) is 4.86. The van der Waals surface area contributed by atoms with Crippen molar-refractivity contribution in [2.45, 2.75) is 13.8 Å². The van der Waals surface area contributed by atoms with Gasteiger partial charge in [0.2, 0.25) is 0 Å². The Balaban J connectivity index is 2.60. The number of nitrogens with zero attached hydrogens (tertiary/aromatic N) is 2. The average molecular weight is 363 g/mol. The van der Waals surface area contributed by atoms with Crippen LogP contribution in [0.3, 0.4) is 0 Å². The number of hydrogen-bond acceptors (Lipinski definition) is 2. The summed E-state index contributed by atoms with van der Waals surface area (Å²) in [5.41, 5.74) is 2.27. The van der Waals surface area contributed by atoms with E-state index in [9.17, 15) is 4.39 Å². The van der Waals surface area contributed by atoms with Crippen LogP contribution in [-0.2, 0) is 0 Å². The van der Waals surface area contributed by atoms with Crippen LogP contribution in [0.1, 0.15) is 11.3 Å². The van der Waals surface area contributed by atoms with Crippen molar-refractivity contribution >= 4 is 34.2 Å². The number of rotatable bonds is 1. The Labute approximate surface area is 117 Å². The molecule has 0 bridgehead atoms. The van der Waals surface area contributed by atoms with Crippen LogP contribution in [0.15, 0.2) is 18.2 Å². The summed E-state index contributed by atoms with van der Waals surface area (Å²) in [6.07, 6.45) is 0. The van der Waals surface area contributed by atoms with Gasteiger partial charge >= 0.3 is 0 Å². The molecule has 5 heteroatoms. The quantitative estimate of drug-likeness (QED) is 0.562. The molecular formula is C12H9ClFIN2. The van der Waals surface area contributed by atoms with E-state index in [0.717, 1.165) is 14.8 Å². The zero-order valence-electron chi connectivity index (χ0n) is 9.26. The van der Waals surface area contributed by atoms with Gasteiger partial charge in [-0.2, -0.15) is 0 Å². The Hall–Kier alpha value is -0.750. The van der Waals surface area contributed by atoms with Gasteiger partial charge in [0.15, 0.2) is 5.82 Å². The standard InChI is InChI=1S/C12H9ClFIN2/c1-6-3-8(5-9(14)4-6)12-16-7(2)10(15)11(13)17-12/h3-5H,1-2H3. The lowest BCUT2D eigenvalue weighted by Crippen LogP contribution is -1.97. The van der Waals surface area contributed by atoms with E-state index >= 15 is 0 Å². The number of halogens is 3. The van der Waals surface area contributed by atoms with Gasteiger partial charge in [-0.25, -0.2) is 14.4 Å². The van der Waals surface area contributed by atoms with Crippen molar-refractivity contribution in [1.29, 1.82) is 0 Å². The van der Waals surface area contributed by atoms with Gasteiger partial charge < -0.3 is 0 Å². The summed E-state index contributed by atoms with van der Waals surface area (Å²) in [5.74, 6) is 0.159. The van der Waals surface area contributed by atoms with Gasteiger partial charge in [0.1, 0.15) is 11.0 Å². The van der Waals surface area contributed by atoms with Crippen molar-refractivity contribution in [3.63, 3.8) is 0 Å². The fourth-order valence-corrected chi connectivity index (χ4v) is 1.98. The van der Waals surface area contributed by atoms with Crippen LogP contribution in [0.25, 0.3) is 11.4 Å². The second-order valence-electron chi connectivity index (χ2n) is 3.75. The zero-order chi connectivity index (χ0) is 12.6. The van der Waals surface area contributed by atoms with E-state index in [1.54, 1.807) is 0 Å². The molecule has 0 aliphatic rings. The van der Waals surface area contributed by atoms with Crippen molar-refractivity contribution < 1.29 is 4.39 Å². The van der Waals surface area contributed by atoms with Gasteiger partial charge in [-0.1, -0.05) is 11.6 Å². The molecule has 17 heavy (non-hydrogen) atoms. The van der Waals surface area contributed by atoms with Gasteiger partial charge in [0.25, 0.3) is 0 Å². The lowest BCUT2D eigenvalue weighted by Gasteiger charge is -2.06. The molecule has 2 aromatic rings. The third kappa shape index (κ3) is 2.74. The van der Waals surface area contributed by atoms with E-state index < -0.39 is 0 Å². The first-order chi connectivity index (χ1) is 7.97. The largest absolute Gasteiger partial charge is 0.232 e. The summed E-state index contributed by atoms with van der Waals surface area (Å²) in [4.78, 5) is 8.48. The van der Waals surface area contributed by atoms with Crippen LogP contribution >= 0.6 is 34.2 Å². The molecule has 1 heterocycles. The fraction of sp³-hybridized carbons (Fsp3) is 0.167. The maximum Gasteiger partial charge on any atom is 0.161 e. The van der Waals surface area contributed by atoms with Gasteiger partial charge in [0, 0.05) is 5.56 Å². The van der Waals surface area contributed by atoms with Crippen LogP contribution in [0.4, 0.5) is 4.39 Å². The van der Waals surface area contributed by atoms with E-state index in [4.69, 9.17) is 11.6 Å². The highest BCUT2D eigenvalue weighted by atomic mass is 127. The van der Waals surface area contributed by atoms with Gasteiger partial charge in [-0.3, -0.25) is 0 Å². The number of aromatic nitrogens is 2. The summed E-state index contributed by atoms with van der Waals surface area (Å²) in [7, 11) is 0. The fourth-order valence-electron chi connectivity index (χ4n) is 1.52. The second-order valence-corrected chi connectivity index (χ2v) is 5.19. The molecule has 0 saturated heterocycles. The van der Waals surface area contributed by atoms with E-state index in [0.29, 0.717) is 16.5 Å². The smallest absolute Gasteiger partial charge is 0.161 e. The highest BCUT2D eigenvalue weighted by Crippen LogP contribution is 2.24. The molecular weight excluding hydrogens is 354 g/mol. The molecule has 1 aromatic carbocycles. The van der Waals surface area contributed by atoms with Crippen molar-refractivity contribution in [1.82, 2.24) is 9.97 Å². The number of hydrogen-bond donors (Lipinski definition) is 0. The summed E-state index contributed by atoms with van der Waals surface area (Å²) in [5, 5.41) is 0.398. The van der Waals surface area contributed by atoms with Crippen LogP contribution in [0.5, 0.6) is 0 Å². The molecule has 1 aromatic heterocycles. The molecule has 0 spiro atoms. The molecule has 0 radical (unpaired) electrons. The molecule has 0 amide bonds. The van der Waals surface area contributed by atoms with E-state index in [-0.39, 0.29) is 5.82 Å². The van der Waals surface area contributed by atoms with E-state index in [2.05, 4.69) is 32.6 Å². The summed E-state index contributed by atoms with van der Waals surface area (Å²) in [6, 6.07) is 4.71. The monoisotopic (exact) mass is 362 g/mol.